The molecular weight excluding hydrogens is 286 g/mol. The van der Waals surface area contributed by atoms with E-state index in [1.54, 1.807) is 44.2 Å². The van der Waals surface area contributed by atoms with E-state index < -0.39 is 5.97 Å². The van der Waals surface area contributed by atoms with E-state index >= 15 is 0 Å². The number of benzene rings is 1. The molecule has 1 aromatic carbocycles. The van der Waals surface area contributed by atoms with Crippen LogP contribution in [0.25, 0.3) is 11.5 Å². The monoisotopic (exact) mass is 299 g/mol. The van der Waals surface area contributed by atoms with Crippen molar-refractivity contribution in [1.82, 2.24) is 15.3 Å². The molecule has 0 saturated carbocycles. The summed E-state index contributed by atoms with van der Waals surface area (Å²) in [5.74, 6) is 1.20. The zero-order valence-corrected chi connectivity index (χ0v) is 12.1. The van der Waals surface area contributed by atoms with E-state index in [1.807, 2.05) is 0 Å². The lowest BCUT2D eigenvalue weighted by Gasteiger charge is -2.02. The molecule has 2 heterocycles. The molecule has 0 amide bonds. The highest BCUT2D eigenvalue weighted by Gasteiger charge is 2.11. The summed E-state index contributed by atoms with van der Waals surface area (Å²) in [7, 11) is 0. The predicted octanol–water partition coefficient (Wildman–Crippen LogP) is 2.70. The molecule has 112 valence electrons. The second-order valence-corrected chi connectivity index (χ2v) is 4.73. The summed E-state index contributed by atoms with van der Waals surface area (Å²) >= 11 is 0. The first-order chi connectivity index (χ1) is 10.6. The van der Waals surface area contributed by atoms with Gasteiger partial charge >= 0.3 is 5.97 Å². The fraction of sp³-hybridized carbons (Fsp3) is 0.200. The summed E-state index contributed by atoms with van der Waals surface area (Å²) in [6.45, 7) is 3.58. The largest absolute Gasteiger partial charge is 0.455 e. The van der Waals surface area contributed by atoms with Crippen LogP contribution in [0.1, 0.15) is 27.6 Å². The Hall–Kier alpha value is -2.96. The summed E-state index contributed by atoms with van der Waals surface area (Å²) in [5.41, 5.74) is 1.74. The van der Waals surface area contributed by atoms with E-state index in [0.717, 1.165) is 5.56 Å². The second kappa shape index (κ2) is 5.80. The highest BCUT2D eigenvalue weighted by molar-refractivity contribution is 5.89. The highest BCUT2D eigenvalue weighted by Crippen LogP contribution is 2.18. The summed E-state index contributed by atoms with van der Waals surface area (Å²) in [5, 5.41) is 7.48. The van der Waals surface area contributed by atoms with Gasteiger partial charge in [-0.15, -0.1) is 0 Å². The maximum atomic E-state index is 11.9. The van der Waals surface area contributed by atoms with Crippen LogP contribution >= 0.6 is 0 Å². The molecule has 0 spiro atoms. The zero-order valence-electron chi connectivity index (χ0n) is 12.1. The summed E-state index contributed by atoms with van der Waals surface area (Å²) in [6.07, 6.45) is 0. The van der Waals surface area contributed by atoms with Crippen LogP contribution in [0.3, 0.4) is 0 Å². The number of esters is 1. The number of nitrogens with zero attached hydrogens (tertiary/aromatic N) is 3. The van der Waals surface area contributed by atoms with Crippen LogP contribution in [-0.4, -0.2) is 21.3 Å². The average molecular weight is 299 g/mol. The lowest BCUT2D eigenvalue weighted by atomic mass is 10.1. The third-order valence-corrected chi connectivity index (χ3v) is 2.92. The van der Waals surface area contributed by atoms with Gasteiger partial charge in [-0.3, -0.25) is 0 Å². The molecule has 0 aliphatic carbocycles. The molecule has 0 bridgehead atoms. The zero-order chi connectivity index (χ0) is 15.5. The standard InChI is InChI=1S/C15H13N3O4/c1-9-7-13(18-21-9)8-20-15(19)12-5-3-11(4-6-12)14-16-10(2)17-22-14/h3-7H,8H2,1-2H3. The van der Waals surface area contributed by atoms with Gasteiger partial charge in [0.2, 0.25) is 0 Å². The topological polar surface area (TPSA) is 91.2 Å². The van der Waals surface area contributed by atoms with Crippen molar-refractivity contribution in [2.45, 2.75) is 20.5 Å². The number of rotatable bonds is 4. The third kappa shape index (κ3) is 3.03. The van der Waals surface area contributed by atoms with Gasteiger partial charge in [0.15, 0.2) is 5.82 Å². The third-order valence-electron chi connectivity index (χ3n) is 2.92. The van der Waals surface area contributed by atoms with Crippen molar-refractivity contribution in [1.29, 1.82) is 0 Å². The molecular formula is C15H13N3O4. The van der Waals surface area contributed by atoms with Crippen molar-refractivity contribution in [3.63, 3.8) is 0 Å². The second-order valence-electron chi connectivity index (χ2n) is 4.73. The van der Waals surface area contributed by atoms with Gasteiger partial charge in [-0.1, -0.05) is 10.3 Å². The number of aryl methyl sites for hydroxylation is 2. The lowest BCUT2D eigenvalue weighted by molar-refractivity contribution is 0.0464. The lowest BCUT2D eigenvalue weighted by Crippen LogP contribution is -2.05. The molecule has 0 unspecified atom stereocenters. The fourth-order valence-corrected chi connectivity index (χ4v) is 1.87. The van der Waals surface area contributed by atoms with Gasteiger partial charge < -0.3 is 13.8 Å². The van der Waals surface area contributed by atoms with E-state index in [9.17, 15) is 4.79 Å². The number of carbonyl (C=O) groups is 1. The van der Waals surface area contributed by atoms with Crippen LogP contribution in [0, 0.1) is 13.8 Å². The van der Waals surface area contributed by atoms with Crippen molar-refractivity contribution in [3.8, 4) is 11.5 Å². The molecule has 2 aromatic heterocycles. The minimum absolute atomic E-state index is 0.0702. The number of carbonyl (C=O) groups excluding carboxylic acids is 1. The Kier molecular flexibility index (Phi) is 3.69. The van der Waals surface area contributed by atoms with E-state index in [2.05, 4.69) is 15.3 Å². The maximum absolute atomic E-state index is 11.9. The van der Waals surface area contributed by atoms with Crippen LogP contribution < -0.4 is 0 Å². The van der Waals surface area contributed by atoms with Crippen LogP contribution in [0.15, 0.2) is 39.4 Å². The normalized spacial score (nSPS) is 10.6. The highest BCUT2D eigenvalue weighted by atomic mass is 16.5. The Bertz CT molecular complexity index is 789. The SMILES string of the molecule is Cc1noc(-c2ccc(C(=O)OCc3cc(C)on3)cc2)n1. The minimum Gasteiger partial charge on any atom is -0.455 e. The Morgan fingerprint density at radius 1 is 1.14 bits per heavy atom. The molecule has 7 heteroatoms. The van der Waals surface area contributed by atoms with Crippen molar-refractivity contribution >= 4 is 5.97 Å². The summed E-state index contributed by atoms with van der Waals surface area (Å²) in [4.78, 5) is 16.1. The maximum Gasteiger partial charge on any atom is 0.338 e. The average Bonchev–Trinajstić information content (AvgIpc) is 3.13. The molecule has 22 heavy (non-hydrogen) atoms. The molecule has 0 N–H and O–H groups in total. The number of aromatic nitrogens is 3. The quantitative estimate of drug-likeness (QED) is 0.684. The smallest absolute Gasteiger partial charge is 0.338 e. The molecule has 0 aliphatic heterocycles. The molecule has 7 nitrogen and oxygen atoms in total. The Labute approximate surface area is 125 Å². The number of hydrogen-bond donors (Lipinski definition) is 0. The van der Waals surface area contributed by atoms with Crippen LogP contribution in [0.5, 0.6) is 0 Å². The van der Waals surface area contributed by atoms with Gasteiger partial charge in [-0.05, 0) is 38.1 Å². The van der Waals surface area contributed by atoms with Crippen LogP contribution in [0.2, 0.25) is 0 Å². The van der Waals surface area contributed by atoms with Crippen molar-refractivity contribution in [2.75, 3.05) is 0 Å². The van der Waals surface area contributed by atoms with Gasteiger partial charge in [0.25, 0.3) is 5.89 Å². The van der Waals surface area contributed by atoms with E-state index in [0.29, 0.717) is 28.7 Å². The van der Waals surface area contributed by atoms with E-state index in [1.165, 1.54) is 0 Å². The summed E-state index contributed by atoms with van der Waals surface area (Å²) < 4.78 is 15.1. The molecule has 0 fully saturated rings. The van der Waals surface area contributed by atoms with E-state index in [-0.39, 0.29) is 6.61 Å². The molecule has 3 rings (SSSR count). The van der Waals surface area contributed by atoms with E-state index in [4.69, 9.17) is 13.8 Å². The summed E-state index contributed by atoms with van der Waals surface area (Å²) in [6, 6.07) is 8.46. The van der Waals surface area contributed by atoms with Crippen molar-refractivity contribution in [3.05, 3.63) is 53.2 Å². The van der Waals surface area contributed by atoms with Crippen molar-refractivity contribution < 1.29 is 18.6 Å². The fourth-order valence-electron chi connectivity index (χ4n) is 1.87. The van der Waals surface area contributed by atoms with Gasteiger partial charge in [-0.25, -0.2) is 4.79 Å². The predicted molar refractivity (Wildman–Crippen MR) is 74.8 cm³/mol. The molecule has 0 radical (unpaired) electrons. The Morgan fingerprint density at radius 2 is 1.91 bits per heavy atom. The molecule has 0 aliphatic rings. The van der Waals surface area contributed by atoms with Gasteiger partial charge in [-0.2, -0.15) is 4.98 Å². The Morgan fingerprint density at radius 3 is 2.50 bits per heavy atom. The van der Waals surface area contributed by atoms with Crippen LogP contribution in [-0.2, 0) is 11.3 Å². The van der Waals surface area contributed by atoms with Gasteiger partial charge in [0.05, 0.1) is 5.56 Å². The van der Waals surface area contributed by atoms with Gasteiger partial charge in [0, 0.05) is 11.6 Å². The minimum atomic E-state index is -0.436. The van der Waals surface area contributed by atoms with Gasteiger partial charge in [0.1, 0.15) is 18.1 Å². The first kappa shape index (κ1) is 14.0. The van der Waals surface area contributed by atoms with Crippen molar-refractivity contribution in [2.24, 2.45) is 0 Å². The number of ether oxygens (including phenoxy) is 1. The van der Waals surface area contributed by atoms with Crippen LogP contribution in [0.4, 0.5) is 0 Å². The molecule has 0 atom stereocenters. The first-order valence-corrected chi connectivity index (χ1v) is 6.62. The first-order valence-electron chi connectivity index (χ1n) is 6.62. The Balaban J connectivity index is 1.65. The molecule has 3 aromatic rings. The number of hydrogen-bond acceptors (Lipinski definition) is 7. The molecule has 0 saturated heterocycles.